The molecule has 3 aromatic heterocycles. The van der Waals surface area contributed by atoms with Crippen molar-refractivity contribution >= 4 is 22.8 Å². The molecule has 3 aromatic rings. The van der Waals surface area contributed by atoms with Crippen molar-refractivity contribution in [2.24, 2.45) is 18.2 Å². The Hall–Kier alpha value is -3.08. The van der Waals surface area contributed by atoms with Crippen molar-refractivity contribution in [1.82, 2.24) is 24.7 Å². The largest absolute Gasteiger partial charge is 0.384 e. The second kappa shape index (κ2) is 6.96. The van der Waals surface area contributed by atoms with E-state index < -0.39 is 17.4 Å². The molecule has 1 aliphatic heterocycles. The van der Waals surface area contributed by atoms with Gasteiger partial charge in [0.05, 0.1) is 0 Å². The number of aryl methyl sites for hydroxylation is 1. The van der Waals surface area contributed by atoms with E-state index in [9.17, 15) is 13.6 Å². The van der Waals surface area contributed by atoms with Crippen molar-refractivity contribution in [3.8, 4) is 11.3 Å². The maximum atomic E-state index is 14.0. The Morgan fingerprint density at radius 3 is 2.56 bits per heavy atom. The fourth-order valence-corrected chi connectivity index (χ4v) is 5.31. The van der Waals surface area contributed by atoms with Gasteiger partial charge in [0.2, 0.25) is 11.9 Å². The minimum atomic E-state index is -2.70. The fraction of sp³-hybridized carbons (Fsp3) is 0.524. The highest BCUT2D eigenvalue weighted by Gasteiger charge is 2.55. The number of hydrogen-bond donors (Lipinski definition) is 3. The first-order valence-electron chi connectivity index (χ1n) is 10.7. The van der Waals surface area contributed by atoms with Gasteiger partial charge in [0.25, 0.3) is 5.56 Å². The predicted octanol–water partition coefficient (Wildman–Crippen LogP) is 1.95. The molecule has 1 saturated carbocycles. The molecule has 1 saturated heterocycles. The number of aromatic amines is 1. The van der Waals surface area contributed by atoms with Crippen LogP contribution in [0.1, 0.15) is 31.4 Å². The third kappa shape index (κ3) is 3.14. The zero-order valence-corrected chi connectivity index (χ0v) is 18.0. The molecule has 1 aliphatic carbocycles. The van der Waals surface area contributed by atoms with Gasteiger partial charge in [0.1, 0.15) is 16.9 Å². The SMILES string of the molecule is Cc1nc(N)ccc1-c1n[nH]c2nc(N3CCC4(CC3)CC(F)(F)C[C@H]4N)n(C)c(=O)c12. The Balaban J connectivity index is 1.48. The van der Waals surface area contributed by atoms with E-state index in [0.717, 1.165) is 0 Å². The van der Waals surface area contributed by atoms with Crippen molar-refractivity contribution in [3.05, 3.63) is 28.2 Å². The molecule has 5 rings (SSSR count). The summed E-state index contributed by atoms with van der Waals surface area (Å²) in [7, 11) is 1.66. The van der Waals surface area contributed by atoms with Gasteiger partial charge in [-0.3, -0.25) is 14.5 Å². The van der Waals surface area contributed by atoms with Crippen LogP contribution in [0.2, 0.25) is 0 Å². The number of nitrogen functional groups attached to an aromatic ring is 1. The van der Waals surface area contributed by atoms with Crippen LogP contribution in [-0.2, 0) is 7.05 Å². The summed E-state index contributed by atoms with van der Waals surface area (Å²) in [5, 5.41) is 7.56. The summed E-state index contributed by atoms with van der Waals surface area (Å²) < 4.78 is 29.4. The molecule has 0 radical (unpaired) electrons. The molecule has 0 bridgehead atoms. The first kappa shape index (κ1) is 20.8. The molecular weight excluding hydrogens is 418 g/mol. The Morgan fingerprint density at radius 2 is 1.94 bits per heavy atom. The third-order valence-electron chi connectivity index (χ3n) is 7.10. The van der Waals surface area contributed by atoms with Crippen molar-refractivity contribution < 1.29 is 8.78 Å². The molecule has 4 heterocycles. The van der Waals surface area contributed by atoms with Crippen molar-refractivity contribution in [3.63, 3.8) is 0 Å². The molecule has 0 unspecified atom stereocenters. The number of halogens is 2. The zero-order valence-electron chi connectivity index (χ0n) is 18.0. The molecule has 1 spiro atoms. The van der Waals surface area contributed by atoms with E-state index in [2.05, 4.69) is 20.2 Å². The Morgan fingerprint density at radius 1 is 1.22 bits per heavy atom. The summed E-state index contributed by atoms with van der Waals surface area (Å²) in [4.78, 5) is 24.2. The summed E-state index contributed by atoms with van der Waals surface area (Å²) in [5.41, 5.74) is 13.3. The number of hydrogen-bond acceptors (Lipinski definition) is 7. The summed E-state index contributed by atoms with van der Waals surface area (Å²) >= 11 is 0. The number of rotatable bonds is 2. The van der Waals surface area contributed by atoms with Gasteiger partial charge in [-0.2, -0.15) is 10.1 Å². The number of H-pyrrole nitrogens is 1. The number of pyridine rings is 1. The zero-order chi connectivity index (χ0) is 22.8. The number of alkyl halides is 2. The molecule has 11 heteroatoms. The maximum absolute atomic E-state index is 14.0. The number of nitrogens with one attached hydrogen (secondary N) is 1. The van der Waals surface area contributed by atoms with E-state index in [1.807, 2.05) is 4.90 Å². The molecule has 0 amide bonds. The summed E-state index contributed by atoms with van der Waals surface area (Å²) in [6.45, 7) is 2.83. The third-order valence-corrected chi connectivity index (χ3v) is 7.10. The molecular formula is C21H26F2N8O. The fourth-order valence-electron chi connectivity index (χ4n) is 5.31. The van der Waals surface area contributed by atoms with Crippen LogP contribution < -0.4 is 21.9 Å². The Bertz CT molecular complexity index is 1260. The maximum Gasteiger partial charge on any atom is 0.266 e. The lowest BCUT2D eigenvalue weighted by Crippen LogP contribution is -2.48. The molecule has 2 aliphatic rings. The van der Waals surface area contributed by atoms with Crippen LogP contribution in [0.5, 0.6) is 0 Å². The van der Waals surface area contributed by atoms with Gasteiger partial charge < -0.3 is 16.4 Å². The van der Waals surface area contributed by atoms with Gasteiger partial charge in [-0.25, -0.2) is 13.8 Å². The van der Waals surface area contributed by atoms with E-state index in [4.69, 9.17) is 11.5 Å². The topological polar surface area (TPSA) is 132 Å². The standard InChI is InChI=1S/C21H26F2N8O/c1-11-12(3-4-14(25)26-11)16-15-17(29-28-16)27-19(30(2)18(15)32)31-7-5-20(6-8-31)10-21(22,23)9-13(20)24/h3-4,13H,5-10,24H2,1-2H3,(H2,25,26)(H,28,29)/t13-/m1/s1. The molecule has 170 valence electrons. The highest BCUT2D eigenvalue weighted by molar-refractivity contribution is 5.91. The first-order valence-corrected chi connectivity index (χ1v) is 10.7. The summed E-state index contributed by atoms with van der Waals surface area (Å²) in [5.74, 6) is -1.83. The average molecular weight is 444 g/mol. The van der Waals surface area contributed by atoms with Crippen molar-refractivity contribution in [2.75, 3.05) is 23.7 Å². The molecule has 9 nitrogen and oxygen atoms in total. The smallest absolute Gasteiger partial charge is 0.266 e. The van der Waals surface area contributed by atoms with Gasteiger partial charge >= 0.3 is 0 Å². The van der Waals surface area contributed by atoms with Crippen LogP contribution in [0, 0.1) is 12.3 Å². The van der Waals surface area contributed by atoms with Gasteiger partial charge in [0, 0.05) is 50.3 Å². The van der Waals surface area contributed by atoms with Gasteiger partial charge in [-0.05, 0) is 37.3 Å². The van der Waals surface area contributed by atoms with E-state index in [0.29, 0.717) is 65.7 Å². The lowest BCUT2D eigenvalue weighted by Gasteiger charge is -2.42. The Labute approximate surface area is 182 Å². The number of anilines is 2. The molecule has 0 aromatic carbocycles. The van der Waals surface area contributed by atoms with Crippen molar-refractivity contribution in [1.29, 1.82) is 0 Å². The predicted molar refractivity (Wildman–Crippen MR) is 118 cm³/mol. The van der Waals surface area contributed by atoms with E-state index in [-0.39, 0.29) is 18.4 Å². The average Bonchev–Trinajstić information content (AvgIpc) is 3.23. The van der Waals surface area contributed by atoms with Gasteiger partial charge in [-0.1, -0.05) is 0 Å². The van der Waals surface area contributed by atoms with Crippen LogP contribution in [-0.4, -0.2) is 49.8 Å². The lowest BCUT2D eigenvalue weighted by molar-refractivity contribution is -0.00686. The normalized spacial score (nSPS) is 22.2. The second-order valence-corrected chi connectivity index (χ2v) is 9.13. The number of fused-ring (bicyclic) bond motifs is 1. The molecule has 32 heavy (non-hydrogen) atoms. The lowest BCUT2D eigenvalue weighted by atomic mass is 9.74. The van der Waals surface area contributed by atoms with Crippen LogP contribution in [0.4, 0.5) is 20.5 Å². The number of piperidine rings is 1. The van der Waals surface area contributed by atoms with Gasteiger partial charge in [-0.15, -0.1) is 0 Å². The highest BCUT2D eigenvalue weighted by atomic mass is 19.3. The number of nitrogens with zero attached hydrogens (tertiary/aromatic N) is 5. The number of nitrogens with two attached hydrogens (primary N) is 2. The molecule has 5 N–H and O–H groups in total. The van der Waals surface area contributed by atoms with Crippen molar-refractivity contribution in [2.45, 2.75) is 44.6 Å². The van der Waals surface area contributed by atoms with E-state index >= 15 is 0 Å². The van der Waals surface area contributed by atoms with Crippen LogP contribution in [0.25, 0.3) is 22.3 Å². The van der Waals surface area contributed by atoms with Crippen LogP contribution in [0.3, 0.4) is 0 Å². The van der Waals surface area contributed by atoms with Gasteiger partial charge in [0.15, 0.2) is 5.65 Å². The molecule has 1 atom stereocenters. The Kier molecular flexibility index (Phi) is 4.52. The minimum absolute atomic E-state index is 0.167. The summed E-state index contributed by atoms with van der Waals surface area (Å²) in [6, 6.07) is 2.94. The first-order chi connectivity index (χ1) is 15.1. The summed E-state index contributed by atoms with van der Waals surface area (Å²) in [6.07, 6.45) is 0.662. The second-order valence-electron chi connectivity index (χ2n) is 9.13. The van der Waals surface area contributed by atoms with E-state index in [1.165, 1.54) is 4.57 Å². The quantitative estimate of drug-likeness (QED) is 0.550. The highest BCUT2D eigenvalue weighted by Crippen LogP contribution is 2.52. The van der Waals surface area contributed by atoms with E-state index in [1.54, 1.807) is 26.1 Å². The minimum Gasteiger partial charge on any atom is -0.384 e. The van der Waals surface area contributed by atoms with Crippen LogP contribution in [0.15, 0.2) is 16.9 Å². The number of aromatic nitrogens is 5. The van der Waals surface area contributed by atoms with Crippen LogP contribution >= 0.6 is 0 Å². The molecule has 2 fully saturated rings. The monoisotopic (exact) mass is 444 g/mol.